The number of piperidine rings is 1. The monoisotopic (exact) mass is 270 g/mol. The first-order valence-electron chi connectivity index (χ1n) is 6.97. The summed E-state index contributed by atoms with van der Waals surface area (Å²) in [6, 6.07) is 0. The third-order valence-corrected chi connectivity index (χ3v) is 4.34. The van der Waals surface area contributed by atoms with Crippen LogP contribution in [0, 0.1) is 0 Å². The number of carbonyl (C=O) groups is 1. The summed E-state index contributed by atoms with van der Waals surface area (Å²) in [5.74, 6) is 0. The SMILES string of the molecule is CCN1C(=O)OC2(CC(C)(C)NC(C)(C)C2)C1(C)O. The average molecular weight is 270 g/mol. The Morgan fingerprint density at radius 1 is 1.21 bits per heavy atom. The van der Waals surface area contributed by atoms with Gasteiger partial charge in [-0.05, 0) is 41.5 Å². The van der Waals surface area contributed by atoms with Crippen LogP contribution in [0.5, 0.6) is 0 Å². The fraction of sp³-hybridized carbons (Fsp3) is 0.929. The van der Waals surface area contributed by atoms with Gasteiger partial charge in [-0.1, -0.05) is 0 Å². The number of nitrogens with zero attached hydrogens (tertiary/aromatic N) is 1. The minimum Gasteiger partial charge on any atom is -0.437 e. The summed E-state index contributed by atoms with van der Waals surface area (Å²) in [4.78, 5) is 13.5. The fourth-order valence-electron chi connectivity index (χ4n) is 4.08. The number of aliphatic hydroxyl groups is 1. The molecule has 2 fully saturated rings. The van der Waals surface area contributed by atoms with E-state index >= 15 is 0 Å². The summed E-state index contributed by atoms with van der Waals surface area (Å²) >= 11 is 0. The van der Waals surface area contributed by atoms with E-state index in [2.05, 4.69) is 33.0 Å². The molecule has 1 spiro atoms. The van der Waals surface area contributed by atoms with E-state index in [1.54, 1.807) is 6.92 Å². The Morgan fingerprint density at radius 3 is 2.05 bits per heavy atom. The van der Waals surface area contributed by atoms with Crippen LogP contribution < -0.4 is 5.32 Å². The number of rotatable bonds is 1. The molecule has 0 aromatic rings. The molecule has 1 unspecified atom stereocenters. The Morgan fingerprint density at radius 2 is 1.68 bits per heavy atom. The molecule has 0 bridgehead atoms. The molecule has 2 heterocycles. The molecule has 2 rings (SSSR count). The molecule has 1 atom stereocenters. The number of hydrogen-bond donors (Lipinski definition) is 2. The molecule has 0 aliphatic carbocycles. The van der Waals surface area contributed by atoms with Crippen LogP contribution in [0.25, 0.3) is 0 Å². The number of ether oxygens (including phenoxy) is 1. The van der Waals surface area contributed by atoms with E-state index in [9.17, 15) is 9.90 Å². The molecular weight excluding hydrogens is 244 g/mol. The van der Waals surface area contributed by atoms with Crippen molar-refractivity contribution < 1.29 is 14.6 Å². The Kier molecular flexibility index (Phi) is 2.96. The summed E-state index contributed by atoms with van der Waals surface area (Å²) in [6.07, 6.45) is 0.776. The van der Waals surface area contributed by atoms with Gasteiger partial charge in [-0.15, -0.1) is 0 Å². The van der Waals surface area contributed by atoms with Gasteiger partial charge in [0.2, 0.25) is 0 Å². The van der Waals surface area contributed by atoms with Gasteiger partial charge < -0.3 is 15.2 Å². The molecule has 110 valence electrons. The first-order valence-corrected chi connectivity index (χ1v) is 6.97. The summed E-state index contributed by atoms with van der Waals surface area (Å²) in [5.41, 5.74) is -2.51. The smallest absolute Gasteiger partial charge is 0.412 e. The zero-order valence-electron chi connectivity index (χ0n) is 12.8. The molecule has 2 aliphatic rings. The lowest BCUT2D eigenvalue weighted by molar-refractivity contribution is -0.179. The van der Waals surface area contributed by atoms with Crippen molar-refractivity contribution in [2.75, 3.05) is 6.54 Å². The molecule has 2 saturated heterocycles. The van der Waals surface area contributed by atoms with Crippen LogP contribution in [0.15, 0.2) is 0 Å². The molecule has 0 aromatic heterocycles. The topological polar surface area (TPSA) is 61.8 Å². The molecule has 0 aromatic carbocycles. The largest absolute Gasteiger partial charge is 0.437 e. The van der Waals surface area contributed by atoms with E-state index in [1.165, 1.54) is 4.90 Å². The van der Waals surface area contributed by atoms with E-state index in [-0.39, 0.29) is 11.1 Å². The molecule has 19 heavy (non-hydrogen) atoms. The molecule has 2 N–H and O–H groups in total. The number of nitrogens with one attached hydrogen (secondary N) is 1. The van der Waals surface area contributed by atoms with Crippen LogP contribution in [0.3, 0.4) is 0 Å². The van der Waals surface area contributed by atoms with Gasteiger partial charge >= 0.3 is 6.09 Å². The lowest BCUT2D eigenvalue weighted by Crippen LogP contribution is -2.70. The highest BCUT2D eigenvalue weighted by atomic mass is 16.6. The molecule has 0 radical (unpaired) electrons. The summed E-state index contributed by atoms with van der Waals surface area (Å²) in [5, 5.41) is 14.5. The average Bonchev–Trinajstić information content (AvgIpc) is 2.27. The number of hydrogen-bond acceptors (Lipinski definition) is 4. The molecule has 0 saturated carbocycles. The van der Waals surface area contributed by atoms with E-state index in [0.717, 1.165) is 0 Å². The highest BCUT2D eigenvalue weighted by Crippen LogP contribution is 2.49. The van der Waals surface area contributed by atoms with E-state index in [4.69, 9.17) is 4.74 Å². The second-order valence-electron chi connectivity index (χ2n) is 7.37. The van der Waals surface area contributed by atoms with Gasteiger partial charge in [-0.25, -0.2) is 4.79 Å². The number of carbonyl (C=O) groups excluding carboxylic acids is 1. The second kappa shape index (κ2) is 3.85. The fourth-order valence-corrected chi connectivity index (χ4v) is 4.08. The zero-order valence-corrected chi connectivity index (χ0v) is 12.8. The van der Waals surface area contributed by atoms with Crippen LogP contribution in [0.2, 0.25) is 0 Å². The highest BCUT2D eigenvalue weighted by Gasteiger charge is 2.66. The van der Waals surface area contributed by atoms with Crippen molar-refractivity contribution in [3.05, 3.63) is 0 Å². The van der Waals surface area contributed by atoms with Crippen molar-refractivity contribution >= 4 is 6.09 Å². The van der Waals surface area contributed by atoms with Gasteiger partial charge in [0.15, 0.2) is 11.3 Å². The van der Waals surface area contributed by atoms with E-state index < -0.39 is 17.4 Å². The lowest BCUT2D eigenvalue weighted by Gasteiger charge is -2.53. The molecule has 1 amide bonds. The van der Waals surface area contributed by atoms with Gasteiger partial charge in [0.25, 0.3) is 0 Å². The lowest BCUT2D eigenvalue weighted by atomic mass is 9.68. The normalized spacial score (nSPS) is 35.5. The Labute approximate surface area is 115 Å². The van der Waals surface area contributed by atoms with Crippen molar-refractivity contribution in [1.29, 1.82) is 0 Å². The summed E-state index contributed by atoms with van der Waals surface area (Å²) < 4.78 is 5.68. The Bertz CT molecular complexity index is 385. The Balaban J connectivity index is 2.45. The van der Waals surface area contributed by atoms with Crippen LogP contribution in [0.4, 0.5) is 4.79 Å². The van der Waals surface area contributed by atoms with Crippen molar-refractivity contribution in [2.24, 2.45) is 0 Å². The standard InChI is InChI=1S/C14H26N2O3/c1-7-16-10(17)19-14(13(16,6)18)8-11(2,3)15-12(4,5)9-14/h15,18H,7-9H2,1-6H3. The molecular formula is C14H26N2O3. The Hall–Kier alpha value is -0.810. The van der Waals surface area contributed by atoms with Gasteiger partial charge in [0, 0.05) is 30.5 Å². The van der Waals surface area contributed by atoms with Crippen molar-refractivity contribution in [1.82, 2.24) is 10.2 Å². The van der Waals surface area contributed by atoms with E-state index in [1.807, 2.05) is 6.92 Å². The first kappa shape index (κ1) is 14.6. The zero-order chi connectivity index (χ0) is 14.7. The van der Waals surface area contributed by atoms with Crippen molar-refractivity contribution in [2.45, 2.75) is 76.8 Å². The summed E-state index contributed by atoms with van der Waals surface area (Å²) in [7, 11) is 0. The van der Waals surface area contributed by atoms with Crippen LogP contribution in [-0.2, 0) is 4.74 Å². The molecule has 2 aliphatic heterocycles. The minimum atomic E-state index is -1.27. The van der Waals surface area contributed by atoms with Gasteiger partial charge in [0.05, 0.1) is 0 Å². The molecule has 5 nitrogen and oxygen atoms in total. The van der Waals surface area contributed by atoms with Gasteiger partial charge in [-0.2, -0.15) is 0 Å². The predicted molar refractivity (Wildman–Crippen MR) is 72.7 cm³/mol. The quantitative estimate of drug-likeness (QED) is 0.763. The van der Waals surface area contributed by atoms with Crippen molar-refractivity contribution in [3.63, 3.8) is 0 Å². The highest BCUT2D eigenvalue weighted by molar-refractivity contribution is 5.72. The third kappa shape index (κ3) is 2.13. The molecule has 5 heteroatoms. The summed E-state index contributed by atoms with van der Waals surface area (Å²) in [6.45, 7) is 12.3. The number of amides is 1. The van der Waals surface area contributed by atoms with Gasteiger partial charge in [0.1, 0.15) is 0 Å². The number of likely N-dealkylation sites (N-methyl/N-ethyl adjacent to an activating group) is 1. The maximum atomic E-state index is 12.0. The van der Waals surface area contributed by atoms with E-state index in [0.29, 0.717) is 19.4 Å². The van der Waals surface area contributed by atoms with Crippen LogP contribution >= 0.6 is 0 Å². The third-order valence-electron chi connectivity index (χ3n) is 4.34. The minimum absolute atomic E-state index is 0.199. The predicted octanol–water partition coefficient (Wildman–Crippen LogP) is 1.85. The van der Waals surface area contributed by atoms with Crippen LogP contribution in [0.1, 0.15) is 54.4 Å². The maximum absolute atomic E-state index is 12.0. The second-order valence-corrected chi connectivity index (χ2v) is 7.37. The van der Waals surface area contributed by atoms with Crippen molar-refractivity contribution in [3.8, 4) is 0 Å². The van der Waals surface area contributed by atoms with Gasteiger partial charge in [-0.3, -0.25) is 4.90 Å². The van der Waals surface area contributed by atoms with Crippen LogP contribution in [-0.4, -0.2) is 45.0 Å². The first-order chi connectivity index (χ1) is 8.45. The maximum Gasteiger partial charge on any atom is 0.412 e.